The van der Waals surface area contributed by atoms with E-state index < -0.39 is 17.1 Å². The van der Waals surface area contributed by atoms with Gasteiger partial charge in [-0.05, 0) is 66.6 Å². The average Bonchev–Trinajstić information content (AvgIpc) is 3.46. The fourth-order valence-electron chi connectivity index (χ4n) is 5.28. The third kappa shape index (κ3) is 5.25. The summed E-state index contributed by atoms with van der Waals surface area (Å²) in [5, 5.41) is 2.68. The van der Waals surface area contributed by atoms with Crippen molar-refractivity contribution in [1.29, 1.82) is 0 Å². The number of nitrogens with one attached hydrogen (secondary N) is 2. The summed E-state index contributed by atoms with van der Waals surface area (Å²) in [6.07, 6.45) is 0. The number of nitrogens with zero attached hydrogens (tertiary/aromatic N) is 1. The molecule has 3 aromatic carbocycles. The van der Waals surface area contributed by atoms with E-state index in [1.54, 1.807) is 48.5 Å². The highest BCUT2D eigenvalue weighted by Gasteiger charge is 2.56. The van der Waals surface area contributed by atoms with Gasteiger partial charge in [0, 0.05) is 21.0 Å². The van der Waals surface area contributed by atoms with Gasteiger partial charge in [0.1, 0.15) is 5.25 Å². The number of H-pyrrole nitrogens is 1. The topological polar surface area (TPSA) is 118 Å². The number of ether oxygens (including phenoxy) is 2. The maximum atomic E-state index is 13.9. The summed E-state index contributed by atoms with van der Waals surface area (Å²) >= 11 is 5.65. The van der Waals surface area contributed by atoms with E-state index in [4.69, 9.17) is 9.47 Å². The number of carbonyl (C=O) groups excluding carboxylic acids is 3. The third-order valence-electron chi connectivity index (χ3n) is 7.12. The first-order valence-corrected chi connectivity index (χ1v) is 15.4. The molecular formula is C30H24BrN3O6S2. The normalized spacial score (nSPS) is 19.3. The van der Waals surface area contributed by atoms with Crippen LogP contribution in [0.4, 0.5) is 11.4 Å². The van der Waals surface area contributed by atoms with Gasteiger partial charge < -0.3 is 19.8 Å². The zero-order valence-corrected chi connectivity index (χ0v) is 25.6. The average molecular weight is 667 g/mol. The highest BCUT2D eigenvalue weighted by Crippen LogP contribution is 2.53. The number of aromatic amines is 1. The molecule has 6 rings (SSSR count). The molecule has 0 saturated carbocycles. The van der Waals surface area contributed by atoms with Crippen LogP contribution in [-0.2, 0) is 14.4 Å². The van der Waals surface area contributed by atoms with Gasteiger partial charge in [0.15, 0.2) is 18.1 Å². The van der Waals surface area contributed by atoms with Crippen molar-refractivity contribution in [3.8, 4) is 11.5 Å². The van der Waals surface area contributed by atoms with Crippen molar-refractivity contribution >= 4 is 68.1 Å². The number of methoxy groups -OCH3 is 1. The predicted molar refractivity (Wildman–Crippen MR) is 165 cm³/mol. The first-order valence-electron chi connectivity index (χ1n) is 12.9. The van der Waals surface area contributed by atoms with Gasteiger partial charge in [-0.25, -0.2) is 4.90 Å². The van der Waals surface area contributed by atoms with Crippen LogP contribution in [0, 0.1) is 12.8 Å². The molecule has 0 spiro atoms. The molecule has 1 saturated heterocycles. The lowest BCUT2D eigenvalue weighted by Crippen LogP contribution is -2.32. The molecule has 3 amide bonds. The Morgan fingerprint density at radius 1 is 1.02 bits per heavy atom. The molecular weight excluding hydrogens is 642 g/mol. The highest BCUT2D eigenvalue weighted by atomic mass is 79.9. The first-order chi connectivity index (χ1) is 20.2. The fraction of sp³-hybridized carbons (Fsp3) is 0.200. The van der Waals surface area contributed by atoms with E-state index in [0.29, 0.717) is 38.3 Å². The van der Waals surface area contributed by atoms with Crippen LogP contribution < -0.4 is 24.6 Å². The second-order valence-electron chi connectivity index (χ2n) is 9.85. The number of thioether (sulfide) groups is 1. The summed E-state index contributed by atoms with van der Waals surface area (Å²) in [6, 6.07) is 19.6. The number of hydrogen-bond acceptors (Lipinski definition) is 8. The van der Waals surface area contributed by atoms with Crippen LogP contribution in [0.15, 0.2) is 81.0 Å². The van der Waals surface area contributed by atoms with Crippen molar-refractivity contribution < 1.29 is 23.9 Å². The zero-order valence-electron chi connectivity index (χ0n) is 22.4. The zero-order chi connectivity index (χ0) is 29.5. The first kappa shape index (κ1) is 28.3. The summed E-state index contributed by atoms with van der Waals surface area (Å²) in [5.41, 5.74) is 2.87. The number of benzene rings is 3. The third-order valence-corrected chi connectivity index (χ3v) is 10.0. The molecule has 1 aromatic heterocycles. The van der Waals surface area contributed by atoms with Crippen LogP contribution in [0.2, 0.25) is 0 Å². The Morgan fingerprint density at radius 2 is 1.81 bits per heavy atom. The van der Waals surface area contributed by atoms with Gasteiger partial charge in [-0.3, -0.25) is 19.2 Å². The summed E-state index contributed by atoms with van der Waals surface area (Å²) in [4.78, 5) is 56.9. The Bertz CT molecular complexity index is 1770. The van der Waals surface area contributed by atoms with Gasteiger partial charge in [0.2, 0.25) is 11.8 Å². The number of thiazole rings is 1. The van der Waals surface area contributed by atoms with Crippen molar-refractivity contribution in [2.45, 2.75) is 23.1 Å². The molecule has 214 valence electrons. The number of imide groups is 1. The fourth-order valence-corrected chi connectivity index (χ4v) is 8.06. The molecule has 2 aliphatic heterocycles. The van der Waals surface area contributed by atoms with Crippen molar-refractivity contribution in [1.82, 2.24) is 4.98 Å². The summed E-state index contributed by atoms with van der Waals surface area (Å²) in [7, 11) is 1.48. The molecule has 0 bridgehead atoms. The number of carbonyl (C=O) groups is 3. The van der Waals surface area contributed by atoms with E-state index >= 15 is 0 Å². The SMILES string of the molecule is COc1cc([C@H]2c3sc(=O)[nH]c3SC3C(=O)N(c4ccc(Br)cc4)C(=O)C32)ccc1OCC(=O)Nc1cccc(C)c1. The van der Waals surface area contributed by atoms with E-state index in [1.807, 2.05) is 25.1 Å². The van der Waals surface area contributed by atoms with Crippen LogP contribution >= 0.6 is 39.0 Å². The van der Waals surface area contributed by atoms with E-state index in [-0.39, 0.29) is 29.2 Å². The highest BCUT2D eigenvalue weighted by molar-refractivity contribution is 9.10. The molecule has 0 radical (unpaired) electrons. The Labute approximate surface area is 257 Å². The van der Waals surface area contributed by atoms with Gasteiger partial charge in [0.25, 0.3) is 5.91 Å². The van der Waals surface area contributed by atoms with Gasteiger partial charge >= 0.3 is 4.87 Å². The van der Waals surface area contributed by atoms with Crippen LogP contribution in [0.1, 0.15) is 21.9 Å². The lowest BCUT2D eigenvalue weighted by molar-refractivity contribution is -0.122. The number of halogens is 1. The van der Waals surface area contributed by atoms with Crippen LogP contribution in [0.25, 0.3) is 0 Å². The van der Waals surface area contributed by atoms with E-state index in [1.165, 1.54) is 23.8 Å². The molecule has 0 aliphatic carbocycles. The molecule has 42 heavy (non-hydrogen) atoms. The number of hydrogen-bond donors (Lipinski definition) is 2. The minimum Gasteiger partial charge on any atom is -0.493 e. The Kier molecular flexibility index (Phi) is 7.69. The molecule has 2 N–H and O–H groups in total. The van der Waals surface area contributed by atoms with E-state index in [9.17, 15) is 19.2 Å². The Hall–Kier alpha value is -3.87. The molecule has 3 atom stereocenters. The predicted octanol–water partition coefficient (Wildman–Crippen LogP) is 5.33. The van der Waals surface area contributed by atoms with Crippen molar-refractivity contribution in [2.24, 2.45) is 5.92 Å². The van der Waals surface area contributed by atoms with Crippen molar-refractivity contribution in [3.63, 3.8) is 0 Å². The summed E-state index contributed by atoms with van der Waals surface area (Å²) in [6.45, 7) is 1.70. The number of amides is 3. The van der Waals surface area contributed by atoms with Crippen LogP contribution in [0.3, 0.4) is 0 Å². The van der Waals surface area contributed by atoms with Crippen LogP contribution in [0.5, 0.6) is 11.5 Å². The molecule has 3 heterocycles. The second-order valence-corrected chi connectivity index (χ2v) is 12.9. The van der Waals surface area contributed by atoms with Crippen LogP contribution in [-0.4, -0.2) is 41.7 Å². The Balaban J connectivity index is 1.30. The molecule has 1 fully saturated rings. The lowest BCUT2D eigenvalue weighted by Gasteiger charge is -2.30. The number of aryl methyl sites for hydroxylation is 1. The molecule has 2 aliphatic rings. The van der Waals surface area contributed by atoms with Gasteiger partial charge in [-0.2, -0.15) is 0 Å². The summed E-state index contributed by atoms with van der Waals surface area (Å²) < 4.78 is 12.2. The number of rotatable bonds is 7. The van der Waals surface area contributed by atoms with E-state index in [0.717, 1.165) is 21.4 Å². The standard InChI is InChI=1S/C30H24BrN3O6S2/c1-15-4-3-5-18(12-15)32-22(35)14-40-20-11-6-16(13-21(20)39-2)23-24-26(41-27-25(23)42-30(38)33-27)29(37)34(28(24)36)19-9-7-17(31)8-10-19/h3-13,23-24,26H,14H2,1-2H3,(H,32,35)(H,33,38)/t23-,24?,26?/m1/s1. The minimum absolute atomic E-state index is 0.243. The molecule has 12 heteroatoms. The second kappa shape index (κ2) is 11.4. The molecule has 4 aromatic rings. The number of fused-ring (bicyclic) bond motifs is 2. The van der Waals surface area contributed by atoms with Gasteiger partial charge in [-0.15, -0.1) is 0 Å². The smallest absolute Gasteiger partial charge is 0.305 e. The monoisotopic (exact) mass is 665 g/mol. The molecule has 9 nitrogen and oxygen atoms in total. The number of anilines is 2. The summed E-state index contributed by atoms with van der Waals surface area (Å²) in [5.74, 6) is -1.59. The minimum atomic E-state index is -0.735. The van der Waals surface area contributed by atoms with Gasteiger partial charge in [0.05, 0.1) is 23.7 Å². The van der Waals surface area contributed by atoms with E-state index in [2.05, 4.69) is 26.2 Å². The number of aromatic nitrogens is 1. The quantitative estimate of drug-likeness (QED) is 0.256. The van der Waals surface area contributed by atoms with Gasteiger partial charge in [-0.1, -0.05) is 57.2 Å². The van der Waals surface area contributed by atoms with Crippen molar-refractivity contribution in [2.75, 3.05) is 23.9 Å². The lowest BCUT2D eigenvalue weighted by atomic mass is 9.83. The largest absolute Gasteiger partial charge is 0.493 e. The maximum absolute atomic E-state index is 13.9. The Morgan fingerprint density at radius 3 is 2.55 bits per heavy atom. The maximum Gasteiger partial charge on any atom is 0.305 e. The molecule has 2 unspecified atom stereocenters. The van der Waals surface area contributed by atoms with Crippen molar-refractivity contribution in [3.05, 3.63) is 96.9 Å².